The monoisotopic (exact) mass is 293 g/mol. The third-order valence-corrected chi connectivity index (χ3v) is 4.03. The average Bonchev–Trinajstić information content (AvgIpc) is 3.04. The predicted octanol–water partition coefficient (Wildman–Crippen LogP) is 3.55. The fourth-order valence-electron chi connectivity index (χ4n) is 2.72. The number of carbonyl (C=O) groups excluding carboxylic acids is 1. The van der Waals surface area contributed by atoms with Gasteiger partial charge in [-0.1, -0.05) is 42.5 Å². The van der Waals surface area contributed by atoms with E-state index in [0.29, 0.717) is 12.1 Å². The second-order valence-corrected chi connectivity index (χ2v) is 5.71. The van der Waals surface area contributed by atoms with Crippen molar-refractivity contribution in [3.05, 3.63) is 65.7 Å². The molecule has 1 heterocycles. The second-order valence-electron chi connectivity index (χ2n) is 5.71. The lowest BCUT2D eigenvalue weighted by Crippen LogP contribution is -2.25. The van der Waals surface area contributed by atoms with Gasteiger partial charge in [0, 0.05) is 31.3 Å². The fraction of sp³-hybridized carbons (Fsp3) is 0.278. The molecule has 1 aliphatic rings. The minimum absolute atomic E-state index is 0.0314. The fourth-order valence-corrected chi connectivity index (χ4v) is 2.72. The highest BCUT2D eigenvalue weighted by Crippen LogP contribution is 2.31. The Balaban J connectivity index is 1.83. The summed E-state index contributed by atoms with van der Waals surface area (Å²) in [6, 6.07) is 17.2. The summed E-state index contributed by atoms with van der Waals surface area (Å²) < 4.78 is 0. The molecule has 0 amide bonds. The van der Waals surface area contributed by atoms with Crippen molar-refractivity contribution in [3.63, 3.8) is 0 Å². The molecular formula is C18H19N3O. The zero-order valence-electron chi connectivity index (χ0n) is 12.8. The second kappa shape index (κ2) is 6.10. The van der Waals surface area contributed by atoms with Crippen molar-refractivity contribution in [2.75, 3.05) is 25.5 Å². The first-order valence-corrected chi connectivity index (χ1v) is 7.40. The summed E-state index contributed by atoms with van der Waals surface area (Å²) in [7, 11) is 4.02. The van der Waals surface area contributed by atoms with Crippen molar-refractivity contribution in [1.29, 1.82) is 0 Å². The van der Waals surface area contributed by atoms with Crippen LogP contribution in [0.4, 0.5) is 5.69 Å². The molecule has 1 aliphatic heterocycles. The molecule has 4 heteroatoms. The Morgan fingerprint density at radius 1 is 1.05 bits per heavy atom. The summed E-state index contributed by atoms with van der Waals surface area (Å²) in [6.07, 6.45) is 0. The normalized spacial score (nSPS) is 20.1. The Labute approximate surface area is 130 Å². The number of nitrogens with zero attached hydrogens (tertiary/aromatic N) is 3. The van der Waals surface area contributed by atoms with Gasteiger partial charge in [-0.05, 0) is 17.7 Å². The highest BCUT2D eigenvalue weighted by atomic mass is 16.1. The number of benzene rings is 2. The van der Waals surface area contributed by atoms with E-state index in [0.717, 1.165) is 11.3 Å². The van der Waals surface area contributed by atoms with Crippen LogP contribution >= 0.6 is 0 Å². The van der Waals surface area contributed by atoms with Crippen LogP contribution in [-0.2, 0) is 0 Å². The summed E-state index contributed by atoms with van der Waals surface area (Å²) in [5, 5.41) is 8.31. The van der Waals surface area contributed by atoms with Crippen LogP contribution in [0.1, 0.15) is 21.8 Å². The Hall–Kier alpha value is -2.49. The molecule has 2 unspecified atom stereocenters. The van der Waals surface area contributed by atoms with Crippen LogP contribution in [0.25, 0.3) is 0 Å². The van der Waals surface area contributed by atoms with E-state index < -0.39 is 6.04 Å². The summed E-state index contributed by atoms with van der Waals surface area (Å²) >= 11 is 0. The first-order valence-electron chi connectivity index (χ1n) is 7.40. The van der Waals surface area contributed by atoms with Gasteiger partial charge >= 0.3 is 0 Å². The molecule has 0 saturated carbocycles. The van der Waals surface area contributed by atoms with Crippen molar-refractivity contribution in [2.45, 2.75) is 12.0 Å². The van der Waals surface area contributed by atoms with Gasteiger partial charge in [-0.25, -0.2) is 0 Å². The number of rotatable bonds is 4. The van der Waals surface area contributed by atoms with E-state index >= 15 is 0 Å². The average molecular weight is 293 g/mol. The molecule has 2 aromatic rings. The van der Waals surface area contributed by atoms with E-state index in [1.54, 1.807) is 0 Å². The van der Waals surface area contributed by atoms with E-state index in [1.165, 1.54) is 0 Å². The van der Waals surface area contributed by atoms with Crippen LogP contribution in [0.2, 0.25) is 0 Å². The van der Waals surface area contributed by atoms with Crippen LogP contribution < -0.4 is 4.90 Å². The number of anilines is 1. The molecule has 2 aromatic carbocycles. The Morgan fingerprint density at radius 3 is 2.36 bits per heavy atom. The number of ketones is 1. The van der Waals surface area contributed by atoms with Crippen molar-refractivity contribution in [1.82, 2.24) is 0 Å². The van der Waals surface area contributed by atoms with Crippen LogP contribution in [0.3, 0.4) is 0 Å². The van der Waals surface area contributed by atoms with Gasteiger partial charge in [-0.15, -0.1) is 0 Å². The van der Waals surface area contributed by atoms with Gasteiger partial charge in [-0.3, -0.25) is 4.79 Å². The highest BCUT2D eigenvalue weighted by Gasteiger charge is 2.33. The van der Waals surface area contributed by atoms with E-state index in [2.05, 4.69) is 39.4 Å². The van der Waals surface area contributed by atoms with Crippen molar-refractivity contribution >= 4 is 11.5 Å². The first-order chi connectivity index (χ1) is 10.7. The maximum Gasteiger partial charge on any atom is 0.189 e. The largest absolute Gasteiger partial charge is 0.378 e. The first kappa shape index (κ1) is 14.4. The lowest BCUT2D eigenvalue weighted by atomic mass is 9.88. The van der Waals surface area contributed by atoms with Gasteiger partial charge in [-0.2, -0.15) is 10.2 Å². The van der Waals surface area contributed by atoms with Gasteiger partial charge in [0.15, 0.2) is 5.78 Å². The minimum Gasteiger partial charge on any atom is -0.378 e. The van der Waals surface area contributed by atoms with Gasteiger partial charge in [0.25, 0.3) is 0 Å². The van der Waals surface area contributed by atoms with Gasteiger partial charge in [0.05, 0.1) is 6.54 Å². The third kappa shape index (κ3) is 2.77. The summed E-state index contributed by atoms with van der Waals surface area (Å²) in [4.78, 5) is 14.7. The number of carbonyl (C=O) groups is 1. The summed E-state index contributed by atoms with van der Waals surface area (Å²) in [6.45, 7) is 0.574. The van der Waals surface area contributed by atoms with E-state index in [9.17, 15) is 4.79 Å². The molecule has 0 aliphatic carbocycles. The number of azo groups is 1. The maximum absolute atomic E-state index is 12.6. The zero-order chi connectivity index (χ0) is 15.5. The standard InChI is InChI=1S/C18H19N3O/c1-21(2)15-10-8-13(9-11-15)16-12-19-20-17(16)18(22)14-6-4-3-5-7-14/h3-11,16-17H,12H2,1-2H3. The Bertz CT molecular complexity index is 677. The van der Waals surface area contributed by atoms with Crippen LogP contribution in [-0.4, -0.2) is 32.5 Å². The molecule has 0 fully saturated rings. The molecule has 0 spiro atoms. The SMILES string of the molecule is CN(C)c1ccc(C2CN=NC2C(=O)c2ccccc2)cc1. The number of hydrogen-bond acceptors (Lipinski definition) is 4. The Morgan fingerprint density at radius 2 is 1.73 bits per heavy atom. The Kier molecular flexibility index (Phi) is 4.00. The van der Waals surface area contributed by atoms with Crippen LogP contribution in [0, 0.1) is 0 Å². The molecule has 112 valence electrons. The number of Topliss-reactive ketones (excluding diaryl/α,β-unsaturated/α-hetero) is 1. The van der Waals surface area contributed by atoms with E-state index in [4.69, 9.17) is 0 Å². The van der Waals surface area contributed by atoms with Gasteiger partial charge in [0.2, 0.25) is 0 Å². The van der Waals surface area contributed by atoms with Crippen LogP contribution in [0.5, 0.6) is 0 Å². The maximum atomic E-state index is 12.6. The molecule has 0 radical (unpaired) electrons. The molecule has 0 bridgehead atoms. The summed E-state index contributed by atoms with van der Waals surface area (Å²) in [5.74, 6) is 0.0763. The van der Waals surface area contributed by atoms with Crippen molar-refractivity contribution < 1.29 is 4.79 Å². The lowest BCUT2D eigenvalue weighted by Gasteiger charge is -2.18. The molecular weight excluding hydrogens is 274 g/mol. The molecule has 2 atom stereocenters. The smallest absolute Gasteiger partial charge is 0.189 e. The van der Waals surface area contributed by atoms with Gasteiger partial charge < -0.3 is 4.90 Å². The number of hydrogen-bond donors (Lipinski definition) is 0. The van der Waals surface area contributed by atoms with Crippen LogP contribution in [0.15, 0.2) is 64.8 Å². The molecule has 0 N–H and O–H groups in total. The summed E-state index contributed by atoms with van der Waals surface area (Å²) in [5.41, 5.74) is 2.95. The quantitative estimate of drug-likeness (QED) is 0.809. The van der Waals surface area contributed by atoms with Crippen molar-refractivity contribution in [2.24, 2.45) is 10.2 Å². The highest BCUT2D eigenvalue weighted by molar-refractivity contribution is 6.01. The molecule has 22 heavy (non-hydrogen) atoms. The molecule has 4 nitrogen and oxygen atoms in total. The zero-order valence-corrected chi connectivity index (χ0v) is 12.8. The topological polar surface area (TPSA) is 45.0 Å². The van der Waals surface area contributed by atoms with E-state index in [-0.39, 0.29) is 11.7 Å². The molecule has 0 aromatic heterocycles. The molecule has 0 saturated heterocycles. The predicted molar refractivity (Wildman–Crippen MR) is 87.8 cm³/mol. The minimum atomic E-state index is -0.410. The van der Waals surface area contributed by atoms with Gasteiger partial charge in [0.1, 0.15) is 6.04 Å². The van der Waals surface area contributed by atoms with E-state index in [1.807, 2.05) is 44.4 Å². The molecule has 3 rings (SSSR count). The lowest BCUT2D eigenvalue weighted by molar-refractivity contribution is 0.0956. The third-order valence-electron chi connectivity index (χ3n) is 4.03. The van der Waals surface area contributed by atoms with Crippen molar-refractivity contribution in [3.8, 4) is 0 Å².